The maximum absolute atomic E-state index is 12.8. The van der Waals surface area contributed by atoms with Gasteiger partial charge in [-0.3, -0.25) is 24.2 Å². The number of carbonyl (C=O) groups excluding carboxylic acids is 3. The van der Waals surface area contributed by atoms with Crippen molar-refractivity contribution in [3.63, 3.8) is 0 Å². The third-order valence-corrected chi connectivity index (χ3v) is 5.69. The van der Waals surface area contributed by atoms with Crippen molar-refractivity contribution in [3.05, 3.63) is 0 Å². The molecule has 3 amide bonds. The van der Waals surface area contributed by atoms with Gasteiger partial charge in [0.25, 0.3) is 5.91 Å². The van der Waals surface area contributed by atoms with E-state index in [0.717, 1.165) is 19.4 Å². The van der Waals surface area contributed by atoms with E-state index in [1.165, 1.54) is 16.7 Å². The minimum absolute atomic E-state index is 0.162. The number of hydrogen-bond donors (Lipinski definition) is 2. The van der Waals surface area contributed by atoms with Gasteiger partial charge in [-0.1, -0.05) is 0 Å². The number of aliphatic hydroxyl groups is 1. The second kappa shape index (κ2) is 6.09. The minimum atomic E-state index is -1.04. The lowest BCUT2D eigenvalue weighted by Crippen LogP contribution is -2.76. The number of β-lactam (4-membered cyclic amide) rings is 1. The zero-order valence-corrected chi connectivity index (χ0v) is 14.3. The zero-order valence-electron chi connectivity index (χ0n) is 14.3. The standard InChI is InChI=1S/C16H26N4O4/c1-10(21)12(17)14(23)20-8-4-6-16(20)9-19(15(16)24)13(22)11-5-3-7-18(11)2/h10-12,21H,3-9,17H2,1-2H3/t10-,11?,12+,16?/m1/s1. The maximum Gasteiger partial charge on any atom is 0.257 e. The number of carbonyl (C=O) groups is 3. The number of likely N-dealkylation sites (tertiary alicyclic amines) is 3. The fourth-order valence-electron chi connectivity index (χ4n) is 4.11. The van der Waals surface area contributed by atoms with Crippen LogP contribution < -0.4 is 5.73 Å². The van der Waals surface area contributed by atoms with Gasteiger partial charge in [0.05, 0.1) is 18.7 Å². The molecule has 2 unspecified atom stereocenters. The molecule has 0 saturated carbocycles. The van der Waals surface area contributed by atoms with E-state index in [1.54, 1.807) is 0 Å². The van der Waals surface area contributed by atoms with Crippen LogP contribution in [0, 0.1) is 0 Å². The highest BCUT2D eigenvalue weighted by Crippen LogP contribution is 2.40. The lowest BCUT2D eigenvalue weighted by Gasteiger charge is -2.51. The van der Waals surface area contributed by atoms with Crippen molar-refractivity contribution in [1.82, 2.24) is 14.7 Å². The smallest absolute Gasteiger partial charge is 0.257 e. The van der Waals surface area contributed by atoms with Gasteiger partial charge in [-0.15, -0.1) is 0 Å². The molecule has 0 bridgehead atoms. The number of rotatable bonds is 3. The number of amides is 3. The van der Waals surface area contributed by atoms with Gasteiger partial charge in [0.2, 0.25) is 11.8 Å². The molecule has 3 heterocycles. The van der Waals surface area contributed by atoms with Crippen molar-refractivity contribution in [3.8, 4) is 0 Å². The van der Waals surface area contributed by atoms with Crippen LogP contribution >= 0.6 is 0 Å². The molecule has 134 valence electrons. The Morgan fingerprint density at radius 1 is 1.33 bits per heavy atom. The molecule has 1 spiro atoms. The predicted octanol–water partition coefficient (Wildman–Crippen LogP) is -1.48. The molecule has 0 aromatic rings. The molecule has 3 aliphatic rings. The van der Waals surface area contributed by atoms with Crippen LogP contribution in [0.5, 0.6) is 0 Å². The van der Waals surface area contributed by atoms with Crippen LogP contribution in [0.4, 0.5) is 0 Å². The topological polar surface area (TPSA) is 107 Å². The highest BCUT2D eigenvalue weighted by molar-refractivity contribution is 6.09. The van der Waals surface area contributed by atoms with Gasteiger partial charge in [0, 0.05) is 6.54 Å². The first-order valence-corrected chi connectivity index (χ1v) is 8.61. The average Bonchev–Trinajstić information content (AvgIpc) is 3.17. The second-order valence-electron chi connectivity index (χ2n) is 7.26. The van der Waals surface area contributed by atoms with Gasteiger partial charge in [-0.05, 0) is 46.2 Å². The molecular weight excluding hydrogens is 312 g/mol. The lowest BCUT2D eigenvalue weighted by atomic mass is 9.84. The molecule has 3 saturated heterocycles. The summed E-state index contributed by atoms with van der Waals surface area (Å²) < 4.78 is 0. The van der Waals surface area contributed by atoms with E-state index in [2.05, 4.69) is 0 Å². The fourth-order valence-corrected chi connectivity index (χ4v) is 4.11. The van der Waals surface area contributed by atoms with Crippen LogP contribution in [-0.4, -0.2) is 87.9 Å². The van der Waals surface area contributed by atoms with E-state index in [1.807, 2.05) is 11.9 Å². The first-order valence-electron chi connectivity index (χ1n) is 8.61. The van der Waals surface area contributed by atoms with Crippen molar-refractivity contribution in [2.75, 3.05) is 26.7 Å². The van der Waals surface area contributed by atoms with E-state index in [0.29, 0.717) is 19.4 Å². The van der Waals surface area contributed by atoms with Crippen molar-refractivity contribution in [2.24, 2.45) is 5.73 Å². The van der Waals surface area contributed by atoms with Crippen LogP contribution in [0.15, 0.2) is 0 Å². The summed E-state index contributed by atoms with van der Waals surface area (Å²) in [5.74, 6) is -0.873. The van der Waals surface area contributed by atoms with Gasteiger partial charge < -0.3 is 15.7 Å². The number of likely N-dealkylation sites (N-methyl/N-ethyl adjacent to an activating group) is 1. The number of nitrogens with zero attached hydrogens (tertiary/aromatic N) is 3. The molecule has 0 aromatic carbocycles. The van der Waals surface area contributed by atoms with E-state index in [4.69, 9.17) is 5.73 Å². The normalized spacial score (nSPS) is 33.0. The summed E-state index contributed by atoms with van der Waals surface area (Å²) in [7, 11) is 1.89. The van der Waals surface area contributed by atoms with E-state index in [9.17, 15) is 19.5 Å². The third kappa shape index (κ3) is 2.44. The summed E-state index contributed by atoms with van der Waals surface area (Å²) in [4.78, 5) is 42.6. The molecule has 3 fully saturated rings. The number of imide groups is 1. The van der Waals surface area contributed by atoms with Crippen molar-refractivity contribution in [2.45, 2.75) is 56.3 Å². The Labute approximate surface area is 141 Å². The molecule has 8 heteroatoms. The quantitative estimate of drug-likeness (QED) is 0.480. The molecule has 24 heavy (non-hydrogen) atoms. The predicted molar refractivity (Wildman–Crippen MR) is 85.7 cm³/mol. The van der Waals surface area contributed by atoms with Crippen LogP contribution in [0.2, 0.25) is 0 Å². The Bertz CT molecular complexity index is 566. The monoisotopic (exact) mass is 338 g/mol. The van der Waals surface area contributed by atoms with Gasteiger partial charge in [0.1, 0.15) is 11.6 Å². The third-order valence-electron chi connectivity index (χ3n) is 5.69. The molecule has 8 nitrogen and oxygen atoms in total. The SMILES string of the molecule is C[C@@H](O)[C@H](N)C(=O)N1CCCC12CN(C(=O)C1CCCN1C)C2=O. The molecule has 0 aromatic heterocycles. The number of aliphatic hydroxyl groups excluding tert-OH is 1. The first-order chi connectivity index (χ1) is 11.3. The van der Waals surface area contributed by atoms with Crippen molar-refractivity contribution >= 4 is 17.7 Å². The van der Waals surface area contributed by atoms with Crippen LogP contribution in [0.1, 0.15) is 32.6 Å². The Morgan fingerprint density at radius 2 is 2.04 bits per heavy atom. The Kier molecular flexibility index (Phi) is 4.39. The van der Waals surface area contributed by atoms with Gasteiger partial charge >= 0.3 is 0 Å². The minimum Gasteiger partial charge on any atom is -0.391 e. The Morgan fingerprint density at radius 3 is 2.58 bits per heavy atom. The molecule has 0 radical (unpaired) electrons. The molecule has 3 aliphatic heterocycles. The second-order valence-corrected chi connectivity index (χ2v) is 7.26. The molecular formula is C16H26N4O4. The van der Waals surface area contributed by atoms with E-state index in [-0.39, 0.29) is 24.4 Å². The summed E-state index contributed by atoms with van der Waals surface area (Å²) in [6.45, 7) is 3.00. The summed E-state index contributed by atoms with van der Waals surface area (Å²) in [6.07, 6.45) is 1.99. The van der Waals surface area contributed by atoms with Gasteiger partial charge in [0.15, 0.2) is 0 Å². The summed E-state index contributed by atoms with van der Waals surface area (Å²) in [5.41, 5.74) is 4.82. The summed E-state index contributed by atoms with van der Waals surface area (Å²) in [5, 5.41) is 9.56. The largest absolute Gasteiger partial charge is 0.391 e. The highest BCUT2D eigenvalue weighted by Gasteiger charge is 2.62. The van der Waals surface area contributed by atoms with Crippen molar-refractivity contribution in [1.29, 1.82) is 0 Å². The van der Waals surface area contributed by atoms with Crippen LogP contribution in [0.25, 0.3) is 0 Å². The Balaban J connectivity index is 1.72. The first kappa shape index (κ1) is 17.3. The summed E-state index contributed by atoms with van der Waals surface area (Å²) >= 11 is 0. The molecule has 0 aliphatic carbocycles. The van der Waals surface area contributed by atoms with Gasteiger partial charge in [-0.2, -0.15) is 0 Å². The molecule has 3 N–H and O–H groups in total. The van der Waals surface area contributed by atoms with Gasteiger partial charge in [-0.25, -0.2) is 0 Å². The number of hydrogen-bond acceptors (Lipinski definition) is 6. The summed E-state index contributed by atoms with van der Waals surface area (Å²) in [6, 6.07) is -1.28. The molecule has 3 rings (SSSR count). The fraction of sp³-hybridized carbons (Fsp3) is 0.812. The average molecular weight is 338 g/mol. The lowest BCUT2D eigenvalue weighted by molar-refractivity contribution is -0.176. The van der Waals surface area contributed by atoms with E-state index < -0.39 is 23.6 Å². The molecule has 4 atom stereocenters. The van der Waals surface area contributed by atoms with E-state index >= 15 is 0 Å². The van der Waals surface area contributed by atoms with Crippen LogP contribution in [-0.2, 0) is 14.4 Å². The highest BCUT2D eigenvalue weighted by atomic mass is 16.3. The van der Waals surface area contributed by atoms with Crippen molar-refractivity contribution < 1.29 is 19.5 Å². The maximum atomic E-state index is 12.8. The Hall–Kier alpha value is -1.51. The number of nitrogens with two attached hydrogens (primary N) is 1. The zero-order chi connectivity index (χ0) is 17.6. The van der Waals surface area contributed by atoms with Crippen LogP contribution in [0.3, 0.4) is 0 Å².